The highest BCUT2D eigenvalue weighted by Gasteiger charge is 2.09. The van der Waals surface area contributed by atoms with Crippen LogP contribution in [0.2, 0.25) is 0 Å². The van der Waals surface area contributed by atoms with Crippen molar-refractivity contribution in [1.29, 1.82) is 0 Å². The molecular formula is C15H18N2O2S. The summed E-state index contributed by atoms with van der Waals surface area (Å²) in [4.78, 5) is 12.1. The fourth-order valence-corrected chi connectivity index (χ4v) is 2.13. The van der Waals surface area contributed by atoms with Gasteiger partial charge in [0.2, 0.25) is 0 Å². The largest absolute Gasteiger partial charge is 0.383 e. The summed E-state index contributed by atoms with van der Waals surface area (Å²) in [5, 5.41) is 4.41. The normalized spacial score (nSPS) is 10.8. The van der Waals surface area contributed by atoms with E-state index in [0.29, 0.717) is 24.5 Å². The van der Waals surface area contributed by atoms with Gasteiger partial charge in [-0.05, 0) is 13.0 Å². The Balaban J connectivity index is 2.47. The summed E-state index contributed by atoms with van der Waals surface area (Å²) in [5.74, 6) is 0.396. The molecule has 2 aromatic rings. The van der Waals surface area contributed by atoms with Crippen LogP contribution in [0.3, 0.4) is 0 Å². The van der Waals surface area contributed by atoms with Gasteiger partial charge < -0.3 is 4.74 Å². The van der Waals surface area contributed by atoms with Gasteiger partial charge in [0.1, 0.15) is 0 Å². The van der Waals surface area contributed by atoms with Gasteiger partial charge in [0, 0.05) is 24.0 Å². The predicted molar refractivity (Wildman–Crippen MR) is 83.2 cm³/mol. The van der Waals surface area contributed by atoms with E-state index in [1.54, 1.807) is 7.11 Å². The monoisotopic (exact) mass is 290 g/mol. The summed E-state index contributed by atoms with van der Waals surface area (Å²) in [7, 11) is 1.61. The molecule has 1 heterocycles. The molecule has 106 valence electrons. The molecule has 0 unspecified atom stereocenters. The summed E-state index contributed by atoms with van der Waals surface area (Å²) in [6.07, 6.45) is 0. The minimum atomic E-state index is -0.104. The lowest BCUT2D eigenvalue weighted by molar-refractivity contribution is 0.182. The molecule has 0 spiro atoms. The lowest BCUT2D eigenvalue weighted by Crippen LogP contribution is -2.27. The first-order valence-electron chi connectivity index (χ1n) is 6.43. The van der Waals surface area contributed by atoms with E-state index in [4.69, 9.17) is 4.74 Å². The number of methoxy groups -OCH3 is 1. The maximum absolute atomic E-state index is 12.1. The van der Waals surface area contributed by atoms with Crippen molar-refractivity contribution in [3.8, 4) is 11.3 Å². The molecular weight excluding hydrogens is 272 g/mol. The van der Waals surface area contributed by atoms with E-state index in [2.05, 4.69) is 17.7 Å². The van der Waals surface area contributed by atoms with E-state index < -0.39 is 0 Å². The third kappa shape index (κ3) is 3.29. The number of hydrogen-bond acceptors (Lipinski definition) is 4. The highest BCUT2D eigenvalue weighted by molar-refractivity contribution is 7.79. The number of aromatic nitrogens is 2. The Bertz CT molecular complexity index is 635. The summed E-state index contributed by atoms with van der Waals surface area (Å²) < 4.78 is 6.47. The number of thiol groups is 1. The van der Waals surface area contributed by atoms with Gasteiger partial charge in [-0.2, -0.15) is 17.7 Å². The number of aryl methyl sites for hydroxylation is 1. The average molecular weight is 290 g/mol. The molecule has 2 rings (SSSR count). The second-order valence-corrected chi connectivity index (χ2v) is 4.92. The quantitative estimate of drug-likeness (QED) is 0.859. The van der Waals surface area contributed by atoms with Crippen LogP contribution < -0.4 is 5.56 Å². The summed E-state index contributed by atoms with van der Waals surface area (Å²) in [5.41, 5.74) is 3.51. The number of nitrogens with zero attached hydrogens (tertiary/aromatic N) is 2. The molecule has 0 aliphatic carbocycles. The van der Waals surface area contributed by atoms with Crippen molar-refractivity contribution in [3.63, 3.8) is 0 Å². The van der Waals surface area contributed by atoms with Crippen LogP contribution in [0, 0.1) is 6.92 Å². The van der Waals surface area contributed by atoms with Crippen LogP contribution in [-0.2, 0) is 17.0 Å². The van der Waals surface area contributed by atoms with Crippen LogP contribution in [0.5, 0.6) is 0 Å². The van der Waals surface area contributed by atoms with Crippen LogP contribution >= 0.6 is 12.6 Å². The Morgan fingerprint density at radius 2 is 2.00 bits per heavy atom. The molecule has 0 saturated carbocycles. The Morgan fingerprint density at radius 3 is 2.60 bits per heavy atom. The van der Waals surface area contributed by atoms with Crippen molar-refractivity contribution in [1.82, 2.24) is 9.78 Å². The SMILES string of the molecule is COCCn1nc(-c2ccc(C)cc2)cc(CS)c1=O. The molecule has 0 atom stereocenters. The zero-order valence-electron chi connectivity index (χ0n) is 11.7. The van der Waals surface area contributed by atoms with E-state index in [1.165, 1.54) is 10.2 Å². The highest BCUT2D eigenvalue weighted by atomic mass is 32.1. The topological polar surface area (TPSA) is 44.1 Å². The lowest BCUT2D eigenvalue weighted by Gasteiger charge is -2.09. The number of benzene rings is 1. The average Bonchev–Trinajstić information content (AvgIpc) is 2.47. The third-order valence-electron chi connectivity index (χ3n) is 3.07. The van der Waals surface area contributed by atoms with Gasteiger partial charge in [-0.1, -0.05) is 29.8 Å². The lowest BCUT2D eigenvalue weighted by atomic mass is 10.1. The third-order valence-corrected chi connectivity index (χ3v) is 3.41. The molecule has 0 aliphatic heterocycles. The van der Waals surface area contributed by atoms with Crippen LogP contribution in [0.4, 0.5) is 0 Å². The van der Waals surface area contributed by atoms with Crippen molar-refractivity contribution < 1.29 is 4.74 Å². The van der Waals surface area contributed by atoms with Crippen LogP contribution in [0.1, 0.15) is 11.1 Å². The van der Waals surface area contributed by atoms with E-state index in [9.17, 15) is 4.79 Å². The molecule has 0 N–H and O–H groups in total. The van der Waals surface area contributed by atoms with Gasteiger partial charge in [-0.3, -0.25) is 4.79 Å². The second kappa shape index (κ2) is 6.72. The molecule has 0 radical (unpaired) electrons. The molecule has 0 saturated heterocycles. The van der Waals surface area contributed by atoms with Gasteiger partial charge in [-0.15, -0.1) is 0 Å². The van der Waals surface area contributed by atoms with Crippen LogP contribution in [-0.4, -0.2) is 23.5 Å². The summed E-state index contributed by atoms with van der Waals surface area (Å²) in [6.45, 7) is 2.93. The van der Waals surface area contributed by atoms with Crippen molar-refractivity contribution in [2.75, 3.05) is 13.7 Å². The molecule has 4 nitrogen and oxygen atoms in total. The molecule has 20 heavy (non-hydrogen) atoms. The van der Waals surface area contributed by atoms with Crippen molar-refractivity contribution in [2.45, 2.75) is 19.2 Å². The zero-order chi connectivity index (χ0) is 14.5. The Labute approximate surface area is 123 Å². The zero-order valence-corrected chi connectivity index (χ0v) is 12.6. The summed E-state index contributed by atoms with van der Waals surface area (Å²) >= 11 is 4.22. The van der Waals surface area contributed by atoms with Gasteiger partial charge in [0.25, 0.3) is 5.56 Å². The fourth-order valence-electron chi connectivity index (χ4n) is 1.90. The van der Waals surface area contributed by atoms with Crippen molar-refractivity contribution in [2.24, 2.45) is 0 Å². The van der Waals surface area contributed by atoms with Crippen molar-refractivity contribution in [3.05, 3.63) is 51.8 Å². The molecule has 5 heteroatoms. The van der Waals surface area contributed by atoms with Crippen LogP contribution in [0.25, 0.3) is 11.3 Å². The molecule has 1 aromatic carbocycles. The fraction of sp³-hybridized carbons (Fsp3) is 0.333. The first-order valence-corrected chi connectivity index (χ1v) is 7.07. The standard InChI is InChI=1S/C15H18N2O2S/c1-11-3-5-12(6-4-11)14-9-13(10-20)15(18)17(16-14)7-8-19-2/h3-6,9,20H,7-8,10H2,1-2H3. The number of hydrogen-bond donors (Lipinski definition) is 1. The van der Waals surface area contributed by atoms with Gasteiger partial charge in [0.15, 0.2) is 0 Å². The molecule has 0 amide bonds. The van der Waals surface area contributed by atoms with Crippen molar-refractivity contribution >= 4 is 12.6 Å². The van der Waals surface area contributed by atoms with E-state index in [1.807, 2.05) is 37.3 Å². The Kier molecular flexibility index (Phi) is 4.98. The molecule has 0 bridgehead atoms. The highest BCUT2D eigenvalue weighted by Crippen LogP contribution is 2.17. The first kappa shape index (κ1) is 14.8. The molecule has 0 fully saturated rings. The van der Waals surface area contributed by atoms with Gasteiger partial charge >= 0.3 is 0 Å². The predicted octanol–water partition coefficient (Wildman–Crippen LogP) is 2.29. The summed E-state index contributed by atoms with van der Waals surface area (Å²) in [6, 6.07) is 9.88. The number of rotatable bonds is 5. The Morgan fingerprint density at radius 1 is 1.30 bits per heavy atom. The Hall–Kier alpha value is -1.59. The molecule has 0 aliphatic rings. The number of ether oxygens (including phenoxy) is 1. The van der Waals surface area contributed by atoms with E-state index in [0.717, 1.165) is 11.3 Å². The smallest absolute Gasteiger partial charge is 0.270 e. The maximum atomic E-state index is 12.1. The van der Waals surface area contributed by atoms with Crippen LogP contribution in [0.15, 0.2) is 35.1 Å². The minimum absolute atomic E-state index is 0.104. The maximum Gasteiger partial charge on any atom is 0.270 e. The van der Waals surface area contributed by atoms with Gasteiger partial charge in [0.05, 0.1) is 18.8 Å². The van der Waals surface area contributed by atoms with E-state index in [-0.39, 0.29) is 5.56 Å². The minimum Gasteiger partial charge on any atom is -0.383 e. The first-order chi connectivity index (χ1) is 9.65. The van der Waals surface area contributed by atoms with E-state index >= 15 is 0 Å². The molecule has 1 aromatic heterocycles. The van der Waals surface area contributed by atoms with Gasteiger partial charge in [-0.25, -0.2) is 4.68 Å². The second-order valence-electron chi connectivity index (χ2n) is 4.60.